The number of carbonyl (C=O) groups excluding carboxylic acids is 2. The average Bonchev–Trinajstić information content (AvgIpc) is 2.75. The van der Waals surface area contributed by atoms with Gasteiger partial charge in [0.2, 0.25) is 5.91 Å². The van der Waals surface area contributed by atoms with Crippen LogP contribution in [0.15, 0.2) is 47.0 Å². The van der Waals surface area contributed by atoms with E-state index in [2.05, 4.69) is 30.4 Å². The van der Waals surface area contributed by atoms with Gasteiger partial charge in [0.25, 0.3) is 0 Å². The summed E-state index contributed by atoms with van der Waals surface area (Å²) in [6, 6.07) is 13.8. The SMILES string of the molecule is COc1ccc(CC(=O)CSC2=C(C#N)C(c3cc(C)c(C)c(C)c3)CC(=O)N2)cc1. The number of nitriles is 1. The number of ketones is 1. The second kappa shape index (κ2) is 9.84. The zero-order chi connectivity index (χ0) is 22.5. The van der Waals surface area contributed by atoms with E-state index < -0.39 is 0 Å². The van der Waals surface area contributed by atoms with Crippen LogP contribution in [0.3, 0.4) is 0 Å². The molecule has 0 fully saturated rings. The normalized spacial score (nSPS) is 16.0. The third-order valence-corrected chi connectivity index (χ3v) is 6.72. The molecule has 1 amide bonds. The number of aryl methyl sites for hydroxylation is 2. The molecule has 2 aromatic carbocycles. The molecule has 1 N–H and O–H groups in total. The molecule has 1 aliphatic heterocycles. The molecule has 0 saturated carbocycles. The Morgan fingerprint density at radius 3 is 2.42 bits per heavy atom. The number of amides is 1. The van der Waals surface area contributed by atoms with Crippen LogP contribution in [-0.2, 0) is 16.0 Å². The predicted molar refractivity (Wildman–Crippen MR) is 123 cm³/mol. The third-order valence-electron chi connectivity index (χ3n) is 5.65. The number of ether oxygens (including phenoxy) is 1. The second-order valence-electron chi connectivity index (χ2n) is 7.79. The Labute approximate surface area is 187 Å². The zero-order valence-corrected chi connectivity index (χ0v) is 19.1. The molecule has 0 bridgehead atoms. The van der Waals surface area contributed by atoms with E-state index in [0.29, 0.717) is 17.0 Å². The molecule has 5 nitrogen and oxygen atoms in total. The van der Waals surface area contributed by atoms with Crippen molar-refractivity contribution in [1.29, 1.82) is 5.26 Å². The van der Waals surface area contributed by atoms with Gasteiger partial charge >= 0.3 is 0 Å². The van der Waals surface area contributed by atoms with E-state index in [0.717, 1.165) is 28.0 Å². The van der Waals surface area contributed by atoms with E-state index in [1.165, 1.54) is 17.3 Å². The van der Waals surface area contributed by atoms with Crippen molar-refractivity contribution >= 4 is 23.5 Å². The van der Waals surface area contributed by atoms with Crippen LogP contribution >= 0.6 is 11.8 Å². The smallest absolute Gasteiger partial charge is 0.225 e. The maximum atomic E-state index is 12.5. The fourth-order valence-corrected chi connectivity index (χ4v) is 4.60. The molecule has 3 rings (SSSR count). The minimum absolute atomic E-state index is 0.0263. The number of methoxy groups -OCH3 is 1. The van der Waals surface area contributed by atoms with Crippen molar-refractivity contribution in [3.8, 4) is 11.8 Å². The summed E-state index contributed by atoms with van der Waals surface area (Å²) in [6.07, 6.45) is 0.522. The molecule has 1 atom stereocenters. The van der Waals surface area contributed by atoms with Gasteiger partial charge in [0, 0.05) is 18.8 Å². The number of rotatable bonds is 7. The van der Waals surface area contributed by atoms with Crippen LogP contribution in [0, 0.1) is 32.1 Å². The number of benzene rings is 2. The highest BCUT2D eigenvalue weighted by atomic mass is 32.2. The maximum absolute atomic E-state index is 12.5. The van der Waals surface area contributed by atoms with Crippen molar-refractivity contribution < 1.29 is 14.3 Å². The number of carbonyl (C=O) groups is 2. The molecule has 31 heavy (non-hydrogen) atoms. The van der Waals surface area contributed by atoms with Gasteiger partial charge in [-0.2, -0.15) is 5.26 Å². The lowest BCUT2D eigenvalue weighted by Gasteiger charge is -2.26. The standard InChI is InChI=1S/C25H26N2O3S/c1-15-9-19(10-16(2)17(15)3)22-12-24(29)27-25(23(22)13-26)31-14-20(28)11-18-5-7-21(30-4)8-6-18/h5-10,22H,11-12,14H2,1-4H3,(H,27,29). The molecule has 160 valence electrons. The topological polar surface area (TPSA) is 79.2 Å². The molecular formula is C25H26N2O3S. The molecular weight excluding hydrogens is 408 g/mol. The van der Waals surface area contributed by atoms with Crippen molar-refractivity contribution in [2.24, 2.45) is 0 Å². The molecule has 0 aliphatic carbocycles. The van der Waals surface area contributed by atoms with Crippen molar-refractivity contribution in [2.45, 2.75) is 39.5 Å². The lowest BCUT2D eigenvalue weighted by Crippen LogP contribution is -2.31. The third kappa shape index (κ3) is 5.36. The van der Waals surface area contributed by atoms with Crippen LogP contribution in [0.2, 0.25) is 0 Å². The van der Waals surface area contributed by atoms with Crippen LogP contribution < -0.4 is 10.1 Å². The number of allylic oxidation sites excluding steroid dienone is 1. The molecule has 0 radical (unpaired) electrons. The first-order valence-electron chi connectivity index (χ1n) is 10.1. The summed E-state index contributed by atoms with van der Waals surface area (Å²) in [7, 11) is 1.60. The lowest BCUT2D eigenvalue weighted by molar-refractivity contribution is -0.121. The highest BCUT2D eigenvalue weighted by molar-refractivity contribution is 8.03. The largest absolute Gasteiger partial charge is 0.497 e. The summed E-state index contributed by atoms with van der Waals surface area (Å²) in [5, 5.41) is 13.1. The summed E-state index contributed by atoms with van der Waals surface area (Å²) < 4.78 is 5.14. The number of hydrogen-bond donors (Lipinski definition) is 1. The van der Waals surface area contributed by atoms with E-state index >= 15 is 0 Å². The van der Waals surface area contributed by atoms with Crippen LogP contribution in [0.25, 0.3) is 0 Å². The Kier molecular flexibility index (Phi) is 7.19. The molecule has 1 heterocycles. The van der Waals surface area contributed by atoms with E-state index in [1.54, 1.807) is 7.11 Å². The van der Waals surface area contributed by atoms with E-state index in [4.69, 9.17) is 4.74 Å². The summed E-state index contributed by atoms with van der Waals surface area (Å²) in [5.74, 6) is 0.525. The van der Waals surface area contributed by atoms with Crippen LogP contribution in [-0.4, -0.2) is 24.6 Å². The molecule has 6 heteroatoms. The molecule has 0 saturated heterocycles. The Hall–Kier alpha value is -3.04. The van der Waals surface area contributed by atoms with Gasteiger partial charge in [0.15, 0.2) is 0 Å². The number of hydrogen-bond acceptors (Lipinski definition) is 5. The maximum Gasteiger partial charge on any atom is 0.225 e. The minimum atomic E-state index is -0.295. The first-order chi connectivity index (χ1) is 14.8. The fourth-order valence-electron chi connectivity index (χ4n) is 3.66. The van der Waals surface area contributed by atoms with E-state index in [1.807, 2.05) is 38.1 Å². The summed E-state index contributed by atoms with van der Waals surface area (Å²) in [4.78, 5) is 24.9. The Morgan fingerprint density at radius 2 is 1.84 bits per heavy atom. The number of nitrogens with one attached hydrogen (secondary N) is 1. The quantitative estimate of drug-likeness (QED) is 0.694. The van der Waals surface area contributed by atoms with Crippen molar-refractivity contribution in [2.75, 3.05) is 12.9 Å². The molecule has 1 aliphatic rings. The number of nitrogens with zero attached hydrogens (tertiary/aromatic N) is 1. The monoisotopic (exact) mass is 434 g/mol. The van der Waals surface area contributed by atoms with Gasteiger partial charge in [-0.25, -0.2) is 0 Å². The van der Waals surface area contributed by atoms with Crippen LogP contribution in [0.5, 0.6) is 5.75 Å². The number of thioether (sulfide) groups is 1. The Morgan fingerprint density at radius 1 is 1.19 bits per heavy atom. The number of Topliss-reactive ketones (excluding diaryl/α,β-unsaturated/α-hetero) is 1. The second-order valence-corrected chi connectivity index (χ2v) is 8.78. The predicted octanol–water partition coefficient (Wildman–Crippen LogP) is 4.50. The molecule has 1 unspecified atom stereocenters. The average molecular weight is 435 g/mol. The van der Waals surface area contributed by atoms with Gasteiger partial charge in [-0.3, -0.25) is 9.59 Å². The first-order valence-corrected chi connectivity index (χ1v) is 11.1. The Bertz CT molecular complexity index is 1060. The van der Waals surface area contributed by atoms with Crippen molar-refractivity contribution in [1.82, 2.24) is 5.32 Å². The Balaban J connectivity index is 1.77. The highest BCUT2D eigenvalue weighted by Crippen LogP contribution is 2.37. The molecule has 0 aromatic heterocycles. The van der Waals surface area contributed by atoms with Crippen molar-refractivity contribution in [3.05, 3.63) is 74.8 Å². The molecule has 2 aromatic rings. The van der Waals surface area contributed by atoms with Gasteiger partial charge in [-0.15, -0.1) is 0 Å². The van der Waals surface area contributed by atoms with Crippen LogP contribution in [0.1, 0.15) is 40.2 Å². The fraction of sp³-hybridized carbons (Fsp3) is 0.320. The summed E-state index contributed by atoms with van der Waals surface area (Å²) >= 11 is 1.23. The minimum Gasteiger partial charge on any atom is -0.497 e. The summed E-state index contributed by atoms with van der Waals surface area (Å²) in [5.41, 5.74) is 5.88. The molecule has 0 spiro atoms. The summed E-state index contributed by atoms with van der Waals surface area (Å²) in [6.45, 7) is 6.15. The van der Waals surface area contributed by atoms with E-state index in [9.17, 15) is 14.9 Å². The van der Waals surface area contributed by atoms with Gasteiger partial charge in [0.1, 0.15) is 11.5 Å². The first kappa shape index (κ1) is 22.6. The van der Waals surface area contributed by atoms with Gasteiger partial charge in [-0.05, 0) is 60.7 Å². The van der Waals surface area contributed by atoms with E-state index in [-0.39, 0.29) is 29.8 Å². The zero-order valence-electron chi connectivity index (χ0n) is 18.2. The van der Waals surface area contributed by atoms with Crippen LogP contribution in [0.4, 0.5) is 0 Å². The van der Waals surface area contributed by atoms with Gasteiger partial charge in [-0.1, -0.05) is 36.0 Å². The van der Waals surface area contributed by atoms with Gasteiger partial charge < -0.3 is 10.1 Å². The highest BCUT2D eigenvalue weighted by Gasteiger charge is 2.30. The van der Waals surface area contributed by atoms with Gasteiger partial charge in [0.05, 0.1) is 29.5 Å². The lowest BCUT2D eigenvalue weighted by atomic mass is 9.84. The van der Waals surface area contributed by atoms with Crippen molar-refractivity contribution in [3.63, 3.8) is 0 Å².